The monoisotopic (exact) mass is 619 g/mol. The summed E-state index contributed by atoms with van der Waals surface area (Å²) in [4.78, 5) is 40.8. The van der Waals surface area contributed by atoms with Crippen LogP contribution >= 0.6 is 0 Å². The molecule has 0 aromatic heterocycles. The van der Waals surface area contributed by atoms with Gasteiger partial charge in [-0.3, -0.25) is 14.4 Å². The Bertz CT molecular complexity index is 1560. The molecule has 3 N–H and O–H groups in total. The van der Waals surface area contributed by atoms with Crippen molar-refractivity contribution in [2.24, 2.45) is 16.7 Å². The van der Waals surface area contributed by atoms with E-state index in [0.29, 0.717) is 24.6 Å². The summed E-state index contributed by atoms with van der Waals surface area (Å²) in [5.74, 6) is 0.378. The van der Waals surface area contributed by atoms with Gasteiger partial charge in [-0.05, 0) is 109 Å². The summed E-state index contributed by atoms with van der Waals surface area (Å²) in [6.07, 6.45) is 7.30. The molecule has 0 spiro atoms. The van der Waals surface area contributed by atoms with Gasteiger partial charge in [-0.25, -0.2) is 0 Å². The summed E-state index contributed by atoms with van der Waals surface area (Å²) >= 11 is 0. The van der Waals surface area contributed by atoms with Crippen molar-refractivity contribution in [2.75, 3.05) is 13.1 Å². The highest BCUT2D eigenvalue weighted by Crippen LogP contribution is 2.57. The van der Waals surface area contributed by atoms with Crippen LogP contribution in [0, 0.1) is 23.7 Å². The Kier molecular flexibility index (Phi) is 8.84. The van der Waals surface area contributed by atoms with E-state index in [-0.39, 0.29) is 28.6 Å². The number of carbonyl (C=O) groups excluding carboxylic acids is 3. The van der Waals surface area contributed by atoms with Crippen LogP contribution in [0.15, 0.2) is 72.8 Å². The van der Waals surface area contributed by atoms with Gasteiger partial charge < -0.3 is 16.0 Å². The fourth-order valence-electron chi connectivity index (χ4n) is 7.51. The van der Waals surface area contributed by atoms with E-state index >= 15 is 0 Å². The molecule has 4 aliphatic carbocycles. The van der Waals surface area contributed by atoms with Gasteiger partial charge in [0.1, 0.15) is 6.04 Å². The van der Waals surface area contributed by atoms with Gasteiger partial charge >= 0.3 is 0 Å². The van der Waals surface area contributed by atoms with E-state index in [2.05, 4.69) is 74.0 Å². The third-order valence-corrected chi connectivity index (χ3v) is 11.0. The maximum Gasteiger partial charge on any atom is 0.251 e. The van der Waals surface area contributed by atoms with Crippen LogP contribution in [0.4, 0.5) is 0 Å². The molecule has 7 rings (SSSR count). The number of rotatable bonds is 10. The van der Waals surface area contributed by atoms with Crippen molar-refractivity contribution >= 4 is 17.7 Å². The van der Waals surface area contributed by atoms with Crippen molar-refractivity contribution in [1.82, 2.24) is 16.0 Å². The van der Waals surface area contributed by atoms with Gasteiger partial charge in [0.2, 0.25) is 11.8 Å². The Balaban J connectivity index is 1.10. The average molecular weight is 620 g/mol. The molecule has 4 saturated carbocycles. The number of benzene rings is 3. The van der Waals surface area contributed by atoms with Gasteiger partial charge in [-0.2, -0.15) is 0 Å². The van der Waals surface area contributed by atoms with Gasteiger partial charge in [0.05, 0.1) is 0 Å². The minimum atomic E-state index is -0.692. The van der Waals surface area contributed by atoms with Crippen LogP contribution in [0.2, 0.25) is 0 Å². The quantitative estimate of drug-likeness (QED) is 0.221. The highest BCUT2D eigenvalue weighted by molar-refractivity contribution is 6.01. The van der Waals surface area contributed by atoms with Crippen LogP contribution < -0.4 is 16.0 Å². The van der Waals surface area contributed by atoms with Crippen molar-refractivity contribution in [3.63, 3.8) is 0 Å². The van der Waals surface area contributed by atoms with Gasteiger partial charge in [0.15, 0.2) is 0 Å². The Morgan fingerprint density at radius 3 is 2.07 bits per heavy atom. The second-order valence-electron chi connectivity index (χ2n) is 15.3. The number of aryl methyl sites for hydroxylation is 1. The fraction of sp³-hybridized carbons (Fsp3) is 0.475. The van der Waals surface area contributed by atoms with Crippen molar-refractivity contribution in [3.8, 4) is 11.1 Å². The number of fused-ring (bicyclic) bond motifs is 3. The van der Waals surface area contributed by atoms with E-state index in [9.17, 15) is 14.4 Å². The van der Waals surface area contributed by atoms with Crippen LogP contribution in [0.5, 0.6) is 0 Å². The summed E-state index contributed by atoms with van der Waals surface area (Å²) in [5.41, 5.74) is 5.49. The zero-order valence-corrected chi connectivity index (χ0v) is 27.9. The summed E-state index contributed by atoms with van der Waals surface area (Å²) in [6, 6.07) is 23.4. The molecule has 3 aromatic carbocycles. The predicted molar refractivity (Wildman–Crippen MR) is 183 cm³/mol. The summed E-state index contributed by atoms with van der Waals surface area (Å²) in [7, 11) is 0. The molecule has 0 unspecified atom stereocenters. The predicted octanol–water partition coefficient (Wildman–Crippen LogP) is 7.41. The lowest BCUT2D eigenvalue weighted by Crippen LogP contribution is -2.54. The van der Waals surface area contributed by atoms with Crippen molar-refractivity contribution in [2.45, 2.75) is 90.5 Å². The van der Waals surface area contributed by atoms with Crippen LogP contribution in [0.1, 0.15) is 105 Å². The molecule has 0 saturated heterocycles. The zero-order valence-electron chi connectivity index (χ0n) is 27.9. The lowest BCUT2D eigenvalue weighted by Gasteiger charge is -2.52. The molecule has 4 aliphatic rings. The first kappa shape index (κ1) is 32.0. The zero-order chi connectivity index (χ0) is 32.5. The molecule has 242 valence electrons. The normalized spacial score (nSPS) is 23.0. The van der Waals surface area contributed by atoms with Gasteiger partial charge in [-0.1, -0.05) is 87.5 Å². The number of nitrogens with one attached hydrogen (secondary N) is 3. The topological polar surface area (TPSA) is 87.3 Å². The largest absolute Gasteiger partial charge is 0.354 e. The van der Waals surface area contributed by atoms with E-state index in [1.54, 1.807) is 0 Å². The molecule has 0 radical (unpaired) electrons. The van der Waals surface area contributed by atoms with Crippen molar-refractivity contribution in [1.29, 1.82) is 0 Å². The Morgan fingerprint density at radius 2 is 1.46 bits per heavy atom. The van der Waals surface area contributed by atoms with Crippen LogP contribution in [-0.4, -0.2) is 30.8 Å². The van der Waals surface area contributed by atoms with Gasteiger partial charge in [0, 0.05) is 24.1 Å². The van der Waals surface area contributed by atoms with Crippen LogP contribution in [0.3, 0.4) is 0 Å². The molecule has 4 fully saturated rings. The number of hydrogen-bond acceptors (Lipinski definition) is 3. The smallest absolute Gasteiger partial charge is 0.251 e. The average Bonchev–Trinajstić information content (AvgIpc) is 3.90. The van der Waals surface area contributed by atoms with E-state index in [1.807, 2.05) is 42.5 Å². The standard InChI is InChI=1S/C40H49N3O3/c1-27-9-8-12-32(33(27)29-15-17-31(18-16-29)38(2,3)4)35(44)42-26-39-19-22-40(23-20-39,24-21-39)37(46)43-34(30-10-6-5-7-11-30)36(45)41-25-28-13-14-28/h5-12,15-18,28,34H,13-14,19-26H2,1-4H3,(H,41,45)(H,42,44)(H,43,46)/t34-,39?,40?/m0/s1. The highest BCUT2D eigenvalue weighted by Gasteiger charge is 2.52. The van der Waals surface area contributed by atoms with Gasteiger partial charge in [0.25, 0.3) is 5.91 Å². The Hall–Kier alpha value is -3.93. The lowest BCUT2D eigenvalue weighted by atomic mass is 9.53. The number of hydrogen-bond donors (Lipinski definition) is 3. The third kappa shape index (κ3) is 6.77. The van der Waals surface area contributed by atoms with Crippen LogP contribution in [0.25, 0.3) is 11.1 Å². The maximum absolute atomic E-state index is 13.9. The lowest BCUT2D eigenvalue weighted by molar-refractivity contribution is -0.143. The van der Waals surface area contributed by atoms with Gasteiger partial charge in [-0.15, -0.1) is 0 Å². The molecule has 0 aliphatic heterocycles. The molecular weight excluding hydrogens is 570 g/mol. The Labute approximate surface area is 274 Å². The first-order valence-corrected chi connectivity index (χ1v) is 17.1. The summed E-state index contributed by atoms with van der Waals surface area (Å²) in [6.45, 7) is 9.96. The maximum atomic E-state index is 13.9. The molecule has 46 heavy (non-hydrogen) atoms. The fourth-order valence-corrected chi connectivity index (χ4v) is 7.51. The first-order valence-electron chi connectivity index (χ1n) is 17.1. The number of amides is 3. The first-order chi connectivity index (χ1) is 22.0. The second kappa shape index (κ2) is 12.7. The minimum Gasteiger partial charge on any atom is -0.354 e. The molecule has 6 nitrogen and oxygen atoms in total. The van der Waals surface area contributed by atoms with E-state index in [0.717, 1.165) is 73.6 Å². The molecular formula is C40H49N3O3. The molecule has 1 atom stereocenters. The van der Waals surface area contributed by atoms with E-state index in [1.165, 1.54) is 5.56 Å². The minimum absolute atomic E-state index is 0.00347. The molecule has 3 aromatic rings. The third-order valence-electron chi connectivity index (χ3n) is 11.0. The molecule has 6 heteroatoms. The van der Waals surface area contributed by atoms with Crippen LogP contribution in [-0.2, 0) is 15.0 Å². The molecule has 2 bridgehead atoms. The molecule has 3 amide bonds. The SMILES string of the molecule is Cc1cccc(C(=O)NCC23CCC(C(=O)N[C@H](C(=O)NCC4CC4)c4ccccc4)(CC2)CC3)c1-c1ccc(C(C)(C)C)cc1. The van der Waals surface area contributed by atoms with E-state index < -0.39 is 11.5 Å². The van der Waals surface area contributed by atoms with E-state index in [4.69, 9.17) is 0 Å². The molecule has 0 heterocycles. The summed E-state index contributed by atoms with van der Waals surface area (Å²) in [5, 5.41) is 9.54. The number of carbonyl (C=O) groups is 3. The van der Waals surface area contributed by atoms with Crippen molar-refractivity contribution in [3.05, 3.63) is 95.1 Å². The summed E-state index contributed by atoms with van der Waals surface area (Å²) < 4.78 is 0. The van der Waals surface area contributed by atoms with Crippen molar-refractivity contribution < 1.29 is 14.4 Å². The Morgan fingerprint density at radius 1 is 0.804 bits per heavy atom. The second-order valence-corrected chi connectivity index (χ2v) is 15.3. The highest BCUT2D eigenvalue weighted by atomic mass is 16.2.